The van der Waals surface area contributed by atoms with Gasteiger partial charge in [0.25, 0.3) is 5.56 Å². The fraction of sp³-hybridized carbons (Fsp3) is 0.0769. The predicted molar refractivity (Wildman–Crippen MR) is 130 cm³/mol. The lowest BCUT2D eigenvalue weighted by Gasteiger charge is -2.13. The Balaban J connectivity index is 1.77. The Bertz CT molecular complexity index is 1660. The first-order valence-corrected chi connectivity index (χ1v) is 10.9. The number of nitriles is 1. The van der Waals surface area contributed by atoms with Crippen LogP contribution in [0.5, 0.6) is 0 Å². The van der Waals surface area contributed by atoms with E-state index in [0.717, 1.165) is 11.1 Å². The van der Waals surface area contributed by atoms with Crippen molar-refractivity contribution in [3.8, 4) is 11.8 Å². The molecule has 0 amide bonds. The minimum Gasteiger partial charge on any atom is -0.320 e. The Morgan fingerprint density at radius 3 is 2.32 bits per heavy atom. The number of imidazole rings is 1. The van der Waals surface area contributed by atoms with Crippen molar-refractivity contribution in [1.29, 1.82) is 5.26 Å². The maximum atomic E-state index is 13.6. The van der Waals surface area contributed by atoms with Crippen LogP contribution in [0.15, 0.2) is 94.8 Å². The second-order valence-electron chi connectivity index (χ2n) is 7.78. The minimum atomic E-state index is -0.494. The molecular formula is C26H18ClN5O2. The minimum absolute atomic E-state index is 0.113. The van der Waals surface area contributed by atoms with Crippen LogP contribution in [-0.2, 0) is 13.1 Å². The lowest BCUT2D eigenvalue weighted by atomic mass is 10.1. The molecule has 0 saturated heterocycles. The van der Waals surface area contributed by atoms with E-state index >= 15 is 0 Å². The van der Waals surface area contributed by atoms with Gasteiger partial charge in [0.2, 0.25) is 0 Å². The fourth-order valence-electron chi connectivity index (χ4n) is 3.98. The van der Waals surface area contributed by atoms with E-state index in [9.17, 15) is 14.9 Å². The van der Waals surface area contributed by atoms with Gasteiger partial charge >= 0.3 is 5.69 Å². The first-order chi connectivity index (χ1) is 16.6. The van der Waals surface area contributed by atoms with Gasteiger partial charge in [0.05, 0.1) is 36.7 Å². The van der Waals surface area contributed by atoms with Crippen molar-refractivity contribution in [1.82, 2.24) is 18.7 Å². The van der Waals surface area contributed by atoms with Gasteiger partial charge in [-0.15, -0.1) is 0 Å². The highest BCUT2D eigenvalue weighted by molar-refractivity contribution is 6.30. The lowest BCUT2D eigenvalue weighted by Crippen LogP contribution is -2.40. The highest BCUT2D eigenvalue weighted by Crippen LogP contribution is 2.18. The topological polar surface area (TPSA) is 85.6 Å². The molecule has 5 rings (SSSR count). The first kappa shape index (κ1) is 21.4. The van der Waals surface area contributed by atoms with Crippen LogP contribution in [0.2, 0.25) is 5.02 Å². The largest absolute Gasteiger partial charge is 0.337 e. The maximum absolute atomic E-state index is 13.6. The summed E-state index contributed by atoms with van der Waals surface area (Å²) in [7, 11) is 0. The molecule has 0 unspecified atom stereocenters. The van der Waals surface area contributed by atoms with Gasteiger partial charge in [0.15, 0.2) is 11.2 Å². The lowest BCUT2D eigenvalue weighted by molar-refractivity contribution is 0.677. The molecule has 3 aromatic carbocycles. The summed E-state index contributed by atoms with van der Waals surface area (Å²) in [6, 6.07) is 25.5. The number of benzene rings is 3. The van der Waals surface area contributed by atoms with Gasteiger partial charge < -0.3 is 4.57 Å². The van der Waals surface area contributed by atoms with Crippen LogP contribution < -0.4 is 11.2 Å². The summed E-state index contributed by atoms with van der Waals surface area (Å²) in [4.78, 5) is 31.6. The van der Waals surface area contributed by atoms with E-state index in [1.54, 1.807) is 41.0 Å². The molecule has 0 aliphatic carbocycles. The molecule has 0 N–H and O–H groups in total. The summed E-state index contributed by atoms with van der Waals surface area (Å²) in [5, 5.41) is 10.0. The van der Waals surface area contributed by atoms with Crippen molar-refractivity contribution in [2.24, 2.45) is 0 Å². The molecule has 2 heterocycles. The molecule has 5 aromatic rings. The molecule has 2 aromatic heterocycles. The number of nitrogens with zero attached hydrogens (tertiary/aromatic N) is 5. The van der Waals surface area contributed by atoms with E-state index < -0.39 is 11.2 Å². The van der Waals surface area contributed by atoms with Crippen LogP contribution in [-0.4, -0.2) is 18.7 Å². The van der Waals surface area contributed by atoms with E-state index in [0.29, 0.717) is 16.3 Å². The van der Waals surface area contributed by atoms with Crippen LogP contribution in [0.3, 0.4) is 0 Å². The van der Waals surface area contributed by atoms with Gasteiger partial charge in [-0.2, -0.15) is 5.26 Å². The van der Waals surface area contributed by atoms with E-state index in [-0.39, 0.29) is 24.3 Å². The van der Waals surface area contributed by atoms with Crippen molar-refractivity contribution in [2.75, 3.05) is 0 Å². The Labute approximate surface area is 199 Å². The Hall–Kier alpha value is -4.41. The molecular weight excluding hydrogens is 450 g/mol. The number of halogens is 1. The summed E-state index contributed by atoms with van der Waals surface area (Å²) < 4.78 is 4.31. The fourth-order valence-corrected chi connectivity index (χ4v) is 4.10. The molecule has 0 bridgehead atoms. The molecule has 34 heavy (non-hydrogen) atoms. The standard InChI is InChI=1S/C26H18ClN5O2/c27-21-10-12-22(13-11-21)32-24-23(25(33)31(26(32)34)15-18-6-2-1-3-7-18)30(17-29-24)16-20-9-5-4-8-19(20)14-28/h1-13,17H,15-16H2. The van der Waals surface area contributed by atoms with Gasteiger partial charge in [0.1, 0.15) is 0 Å². The highest BCUT2D eigenvalue weighted by Gasteiger charge is 2.20. The number of rotatable bonds is 5. The van der Waals surface area contributed by atoms with E-state index in [1.807, 2.05) is 42.5 Å². The van der Waals surface area contributed by atoms with Crippen molar-refractivity contribution in [3.05, 3.63) is 128 Å². The second kappa shape index (κ2) is 8.85. The molecule has 0 atom stereocenters. The zero-order valence-electron chi connectivity index (χ0n) is 17.9. The van der Waals surface area contributed by atoms with Crippen LogP contribution in [0.25, 0.3) is 16.9 Å². The monoisotopic (exact) mass is 467 g/mol. The van der Waals surface area contributed by atoms with Crippen molar-refractivity contribution in [3.63, 3.8) is 0 Å². The quantitative estimate of drug-likeness (QED) is 0.391. The molecule has 0 spiro atoms. The second-order valence-corrected chi connectivity index (χ2v) is 8.22. The predicted octanol–water partition coefficient (Wildman–Crippen LogP) is 3.97. The SMILES string of the molecule is N#Cc1ccccc1Cn1cnc2c1c(=O)n(Cc1ccccc1)c(=O)n2-c1ccc(Cl)cc1. The van der Waals surface area contributed by atoms with Crippen molar-refractivity contribution >= 4 is 22.8 Å². The molecule has 0 radical (unpaired) electrons. The van der Waals surface area contributed by atoms with E-state index in [4.69, 9.17) is 11.6 Å². The van der Waals surface area contributed by atoms with Crippen LogP contribution in [0, 0.1) is 11.3 Å². The van der Waals surface area contributed by atoms with Gasteiger partial charge in [0, 0.05) is 5.02 Å². The van der Waals surface area contributed by atoms with Crippen LogP contribution in [0.1, 0.15) is 16.7 Å². The summed E-state index contributed by atoms with van der Waals surface area (Å²) in [5.41, 5.74) is 2.22. The smallest absolute Gasteiger partial charge is 0.320 e. The number of aromatic nitrogens is 4. The average Bonchev–Trinajstić information content (AvgIpc) is 3.27. The van der Waals surface area contributed by atoms with Gasteiger partial charge in [-0.3, -0.25) is 9.36 Å². The molecule has 0 aliphatic rings. The van der Waals surface area contributed by atoms with E-state index in [2.05, 4.69) is 11.1 Å². The maximum Gasteiger partial charge on any atom is 0.337 e. The normalized spacial score (nSPS) is 10.9. The average molecular weight is 468 g/mol. The molecule has 7 nitrogen and oxygen atoms in total. The van der Waals surface area contributed by atoms with Crippen molar-refractivity contribution < 1.29 is 0 Å². The summed E-state index contributed by atoms with van der Waals surface area (Å²) in [6.45, 7) is 0.377. The molecule has 0 fully saturated rings. The Morgan fingerprint density at radius 2 is 1.59 bits per heavy atom. The van der Waals surface area contributed by atoms with Gasteiger partial charge in [-0.25, -0.2) is 14.3 Å². The summed E-state index contributed by atoms with van der Waals surface area (Å²) in [5.74, 6) is 0. The summed E-state index contributed by atoms with van der Waals surface area (Å²) in [6.07, 6.45) is 1.53. The van der Waals surface area contributed by atoms with Gasteiger partial charge in [-0.1, -0.05) is 60.1 Å². The van der Waals surface area contributed by atoms with Crippen LogP contribution in [0.4, 0.5) is 0 Å². The zero-order valence-corrected chi connectivity index (χ0v) is 18.7. The first-order valence-electron chi connectivity index (χ1n) is 10.6. The Morgan fingerprint density at radius 1 is 0.882 bits per heavy atom. The van der Waals surface area contributed by atoms with Crippen molar-refractivity contribution in [2.45, 2.75) is 13.1 Å². The molecule has 0 aliphatic heterocycles. The molecule has 0 saturated carbocycles. The van der Waals surface area contributed by atoms with Crippen LogP contribution >= 0.6 is 11.6 Å². The summed E-state index contributed by atoms with van der Waals surface area (Å²) >= 11 is 6.06. The zero-order chi connectivity index (χ0) is 23.7. The third kappa shape index (κ3) is 3.81. The molecule has 8 heteroatoms. The Kier molecular flexibility index (Phi) is 5.58. The highest BCUT2D eigenvalue weighted by atomic mass is 35.5. The number of hydrogen-bond donors (Lipinski definition) is 0. The third-order valence-electron chi connectivity index (χ3n) is 5.65. The molecule has 166 valence electrons. The number of fused-ring (bicyclic) bond motifs is 1. The number of hydrogen-bond acceptors (Lipinski definition) is 4. The third-order valence-corrected chi connectivity index (χ3v) is 5.90. The van der Waals surface area contributed by atoms with Gasteiger partial charge in [-0.05, 0) is 41.5 Å². The van der Waals surface area contributed by atoms with E-state index in [1.165, 1.54) is 15.5 Å².